The molecule has 4 heterocycles. The zero-order valence-electron chi connectivity index (χ0n) is 26.3. The molecule has 0 spiro atoms. The van der Waals surface area contributed by atoms with Crippen LogP contribution >= 0.6 is 22.9 Å². The summed E-state index contributed by atoms with van der Waals surface area (Å²) in [7, 11) is 0. The van der Waals surface area contributed by atoms with E-state index in [0.717, 1.165) is 16.3 Å². The standard InChI is InChI=1S/C18H22N2O5.C15H15ClN2O3S/c1-18(2)11-15(21)20(16(22)12-18)13-3-5-14(6-4-13)25-17(23)19-7-9-24-10-8-19;16-9-12-10-22-14(17-12)11-1-3-13(4-2-11)21-15(19)18-5-7-20-8-6-18/h3-6H,7-12H2,1-2H3;1-4,10H,5-9H2. The van der Waals surface area contributed by atoms with Crippen LogP contribution in [0, 0.1) is 5.41 Å². The third-order valence-corrected chi connectivity index (χ3v) is 8.81. The number of hydrogen-bond acceptors (Lipinski definition) is 10. The Morgan fingerprint density at radius 1 is 0.809 bits per heavy atom. The van der Waals surface area contributed by atoms with E-state index in [9.17, 15) is 19.2 Å². The average Bonchev–Trinajstić information content (AvgIpc) is 3.56. The number of morpholine rings is 2. The molecule has 1 aromatic heterocycles. The fourth-order valence-corrected chi connectivity index (χ4v) is 6.17. The molecule has 0 atom stereocenters. The second-order valence-electron chi connectivity index (χ2n) is 11.9. The van der Waals surface area contributed by atoms with Gasteiger partial charge in [-0.15, -0.1) is 22.9 Å². The van der Waals surface area contributed by atoms with Gasteiger partial charge in [0.2, 0.25) is 11.8 Å². The number of aromatic nitrogens is 1. The van der Waals surface area contributed by atoms with Crippen molar-refractivity contribution >= 4 is 52.6 Å². The molecule has 0 bridgehead atoms. The smallest absolute Gasteiger partial charge is 0.410 e. The summed E-state index contributed by atoms with van der Waals surface area (Å²) in [5, 5.41) is 2.84. The minimum Gasteiger partial charge on any atom is -0.410 e. The molecule has 3 aliphatic heterocycles. The van der Waals surface area contributed by atoms with E-state index in [-0.39, 0.29) is 23.3 Å². The van der Waals surface area contributed by atoms with Gasteiger partial charge >= 0.3 is 12.2 Å². The molecule has 0 unspecified atom stereocenters. The molecular formula is C33H37ClN4O8S. The van der Waals surface area contributed by atoms with Crippen LogP contribution in [-0.4, -0.2) is 91.4 Å². The Labute approximate surface area is 282 Å². The summed E-state index contributed by atoms with van der Waals surface area (Å²) >= 11 is 7.30. The number of benzene rings is 2. The number of halogens is 1. The molecule has 3 aromatic rings. The number of piperidine rings is 1. The van der Waals surface area contributed by atoms with Crippen LogP contribution in [0.5, 0.6) is 11.5 Å². The monoisotopic (exact) mass is 684 g/mol. The Balaban J connectivity index is 0.000000186. The predicted octanol–water partition coefficient (Wildman–Crippen LogP) is 5.58. The lowest BCUT2D eigenvalue weighted by atomic mass is 9.81. The predicted molar refractivity (Wildman–Crippen MR) is 176 cm³/mol. The highest BCUT2D eigenvalue weighted by molar-refractivity contribution is 7.13. The maximum Gasteiger partial charge on any atom is 0.415 e. The third kappa shape index (κ3) is 9.28. The number of rotatable bonds is 5. The van der Waals surface area contributed by atoms with Gasteiger partial charge in [-0.1, -0.05) is 13.8 Å². The van der Waals surface area contributed by atoms with E-state index in [1.54, 1.807) is 57.5 Å². The number of carbonyl (C=O) groups excluding carboxylic acids is 4. The summed E-state index contributed by atoms with van der Waals surface area (Å²) in [5.74, 6) is 0.886. The number of nitrogens with zero attached hydrogens (tertiary/aromatic N) is 4. The third-order valence-electron chi connectivity index (χ3n) is 7.59. The van der Waals surface area contributed by atoms with Gasteiger partial charge in [-0.05, 0) is 53.9 Å². The number of carbonyl (C=O) groups is 4. The Bertz CT molecular complexity index is 1530. The molecule has 0 N–H and O–H groups in total. The largest absolute Gasteiger partial charge is 0.415 e. The minimum absolute atomic E-state index is 0.209. The molecule has 0 saturated carbocycles. The van der Waals surface area contributed by atoms with Gasteiger partial charge in [-0.25, -0.2) is 14.6 Å². The van der Waals surface area contributed by atoms with E-state index >= 15 is 0 Å². The van der Waals surface area contributed by atoms with Crippen molar-refractivity contribution in [1.82, 2.24) is 14.8 Å². The first-order valence-electron chi connectivity index (χ1n) is 15.3. The topological polar surface area (TPSA) is 128 Å². The van der Waals surface area contributed by atoms with Crippen molar-refractivity contribution in [3.05, 3.63) is 59.6 Å². The first-order chi connectivity index (χ1) is 22.6. The van der Waals surface area contributed by atoms with Gasteiger partial charge in [0.25, 0.3) is 0 Å². The Morgan fingerprint density at radius 2 is 1.28 bits per heavy atom. The SMILES string of the molecule is CC1(C)CC(=O)N(c2ccc(OC(=O)N3CCOCC3)cc2)C(=O)C1.O=C(Oc1ccc(-c2nc(CCl)cs2)cc1)N1CCOCC1. The number of anilines is 1. The molecule has 3 fully saturated rings. The number of thiazole rings is 1. The van der Waals surface area contributed by atoms with Crippen LogP contribution in [0.1, 0.15) is 32.4 Å². The van der Waals surface area contributed by atoms with Gasteiger partial charge in [0.15, 0.2) is 0 Å². The molecule has 47 heavy (non-hydrogen) atoms. The highest BCUT2D eigenvalue weighted by Gasteiger charge is 2.38. The van der Waals surface area contributed by atoms with Crippen LogP contribution < -0.4 is 14.4 Å². The van der Waals surface area contributed by atoms with Gasteiger partial charge in [0, 0.05) is 50.0 Å². The second kappa shape index (κ2) is 15.7. The van der Waals surface area contributed by atoms with E-state index < -0.39 is 6.09 Å². The van der Waals surface area contributed by atoms with E-state index in [2.05, 4.69) is 4.98 Å². The summed E-state index contributed by atoms with van der Waals surface area (Å²) in [5.41, 5.74) is 2.03. The average molecular weight is 685 g/mol. The first-order valence-corrected chi connectivity index (χ1v) is 16.7. The maximum absolute atomic E-state index is 12.3. The van der Waals surface area contributed by atoms with Gasteiger partial charge in [0.1, 0.15) is 16.5 Å². The Kier molecular flexibility index (Phi) is 11.5. The highest BCUT2D eigenvalue weighted by Crippen LogP contribution is 2.34. The Morgan fingerprint density at radius 3 is 1.72 bits per heavy atom. The molecule has 4 amide bonds. The quantitative estimate of drug-likeness (QED) is 0.250. The minimum atomic E-state index is -0.428. The number of hydrogen-bond donors (Lipinski definition) is 0. The molecular weight excluding hydrogens is 648 g/mol. The van der Waals surface area contributed by atoms with E-state index in [4.69, 9.17) is 30.5 Å². The van der Waals surface area contributed by atoms with Crippen LogP contribution in [0.4, 0.5) is 15.3 Å². The van der Waals surface area contributed by atoms with Crippen LogP contribution in [0.2, 0.25) is 0 Å². The van der Waals surface area contributed by atoms with Gasteiger partial charge in [-0.2, -0.15) is 0 Å². The molecule has 3 saturated heterocycles. The normalized spacial score (nSPS) is 17.9. The van der Waals surface area contributed by atoms with E-state index in [1.807, 2.05) is 31.4 Å². The lowest BCUT2D eigenvalue weighted by Gasteiger charge is -2.34. The summed E-state index contributed by atoms with van der Waals surface area (Å²) in [4.78, 5) is 57.5. The van der Waals surface area contributed by atoms with E-state index in [1.165, 1.54) is 4.90 Å². The summed E-state index contributed by atoms with van der Waals surface area (Å²) < 4.78 is 21.1. The van der Waals surface area contributed by atoms with Crippen molar-refractivity contribution in [2.24, 2.45) is 5.41 Å². The number of imide groups is 1. The van der Waals surface area contributed by atoms with Crippen molar-refractivity contribution in [3.63, 3.8) is 0 Å². The maximum atomic E-state index is 12.3. The molecule has 0 radical (unpaired) electrons. The van der Waals surface area contributed by atoms with Crippen molar-refractivity contribution < 1.29 is 38.1 Å². The van der Waals surface area contributed by atoms with Crippen LogP contribution in [0.15, 0.2) is 53.9 Å². The van der Waals surface area contributed by atoms with Gasteiger partial charge in [-0.3, -0.25) is 14.5 Å². The van der Waals surface area contributed by atoms with Gasteiger partial charge < -0.3 is 28.7 Å². The number of ether oxygens (including phenoxy) is 4. The number of amides is 4. The number of alkyl halides is 1. The molecule has 0 aliphatic carbocycles. The highest BCUT2D eigenvalue weighted by atomic mass is 35.5. The van der Waals surface area contributed by atoms with Crippen molar-refractivity contribution in [3.8, 4) is 22.1 Å². The molecule has 6 rings (SSSR count). The summed E-state index contributed by atoms with van der Waals surface area (Å²) in [6, 6.07) is 13.7. The zero-order chi connectivity index (χ0) is 33.4. The zero-order valence-corrected chi connectivity index (χ0v) is 27.9. The van der Waals surface area contributed by atoms with Crippen LogP contribution in [0.25, 0.3) is 10.6 Å². The second-order valence-corrected chi connectivity index (χ2v) is 13.0. The molecule has 14 heteroatoms. The molecule has 250 valence electrons. The summed E-state index contributed by atoms with van der Waals surface area (Å²) in [6.45, 7) is 8.08. The summed E-state index contributed by atoms with van der Waals surface area (Å²) in [6.07, 6.45) is -0.114. The molecule has 3 aliphatic rings. The Hall–Kier alpha value is -4.04. The van der Waals surface area contributed by atoms with Crippen LogP contribution in [0.3, 0.4) is 0 Å². The van der Waals surface area contributed by atoms with Gasteiger partial charge in [0.05, 0.1) is 43.7 Å². The fourth-order valence-electron chi connectivity index (χ4n) is 5.12. The lowest BCUT2D eigenvalue weighted by Crippen LogP contribution is -2.46. The van der Waals surface area contributed by atoms with E-state index in [0.29, 0.717) is 88.5 Å². The first kappa shape index (κ1) is 34.3. The fraction of sp³-hybridized carbons (Fsp3) is 0.424. The molecule has 2 aromatic carbocycles. The van der Waals surface area contributed by atoms with Crippen molar-refractivity contribution in [1.29, 1.82) is 0 Å². The van der Waals surface area contributed by atoms with Crippen molar-refractivity contribution in [2.75, 3.05) is 57.5 Å². The van der Waals surface area contributed by atoms with Crippen LogP contribution in [-0.2, 0) is 24.9 Å². The molecule has 12 nitrogen and oxygen atoms in total. The van der Waals surface area contributed by atoms with Crippen molar-refractivity contribution in [2.45, 2.75) is 32.6 Å². The lowest BCUT2D eigenvalue weighted by molar-refractivity contribution is -0.132.